The van der Waals surface area contributed by atoms with Crippen LogP contribution in [0.3, 0.4) is 0 Å². The van der Waals surface area contributed by atoms with Crippen molar-refractivity contribution in [3.63, 3.8) is 0 Å². The van der Waals surface area contributed by atoms with Gasteiger partial charge in [-0.25, -0.2) is 4.79 Å². The zero-order valence-corrected chi connectivity index (χ0v) is 14.3. The molecule has 1 aliphatic rings. The smallest absolute Gasteiger partial charge is 0.410 e. The number of nitrogens with zero attached hydrogens (tertiary/aromatic N) is 3. The summed E-state index contributed by atoms with van der Waals surface area (Å²) < 4.78 is 8.44. The zero-order chi connectivity index (χ0) is 15.1. The Morgan fingerprint density at radius 2 is 2.15 bits per heavy atom. The van der Waals surface area contributed by atoms with Crippen LogP contribution in [-0.2, 0) is 17.8 Å². The van der Waals surface area contributed by atoms with Gasteiger partial charge in [0.25, 0.3) is 0 Å². The minimum Gasteiger partial charge on any atom is -0.444 e. The molecule has 0 aliphatic carbocycles. The van der Waals surface area contributed by atoms with Gasteiger partial charge < -0.3 is 4.74 Å². The molecule has 0 saturated heterocycles. The summed E-state index contributed by atoms with van der Waals surface area (Å²) in [6, 6.07) is 0.101. The first-order valence-corrected chi connectivity index (χ1v) is 7.68. The van der Waals surface area contributed by atoms with Crippen LogP contribution in [0.2, 0.25) is 0 Å². The van der Waals surface area contributed by atoms with Gasteiger partial charge in [0.15, 0.2) is 0 Å². The van der Waals surface area contributed by atoms with E-state index < -0.39 is 5.60 Å². The van der Waals surface area contributed by atoms with E-state index in [0.717, 1.165) is 10.2 Å². The number of carbonyl (C=O) groups is 1. The largest absolute Gasteiger partial charge is 0.444 e. The second-order valence-corrected chi connectivity index (χ2v) is 7.40. The van der Waals surface area contributed by atoms with Crippen molar-refractivity contribution < 1.29 is 9.53 Å². The van der Waals surface area contributed by atoms with E-state index in [0.29, 0.717) is 19.0 Å². The van der Waals surface area contributed by atoms with Gasteiger partial charge in [-0.3, -0.25) is 9.58 Å². The molecule has 0 N–H and O–H groups in total. The van der Waals surface area contributed by atoms with Gasteiger partial charge in [0.05, 0.1) is 35.5 Å². The number of halogens is 1. The second kappa shape index (κ2) is 5.39. The van der Waals surface area contributed by atoms with Crippen molar-refractivity contribution in [2.75, 3.05) is 0 Å². The molecule has 1 aliphatic heterocycles. The van der Waals surface area contributed by atoms with Crippen molar-refractivity contribution in [1.82, 2.24) is 14.7 Å². The lowest BCUT2D eigenvalue weighted by atomic mass is 10.0. The summed E-state index contributed by atoms with van der Waals surface area (Å²) in [5.74, 6) is 0.346. The summed E-state index contributed by atoms with van der Waals surface area (Å²) in [7, 11) is 0. The SMILES string of the molecule is CC(C)[C@@H]1Cn2ncc(Br)c2CN1C(=O)OC(C)(C)C. The van der Waals surface area contributed by atoms with E-state index in [1.807, 2.05) is 30.4 Å². The van der Waals surface area contributed by atoms with Crippen LogP contribution in [0.1, 0.15) is 40.3 Å². The third kappa shape index (κ3) is 3.16. The predicted octanol–water partition coefficient (Wildman–Crippen LogP) is 3.42. The maximum Gasteiger partial charge on any atom is 0.410 e. The normalized spacial score (nSPS) is 19.1. The van der Waals surface area contributed by atoms with Crippen LogP contribution in [0.4, 0.5) is 4.79 Å². The molecule has 0 unspecified atom stereocenters. The lowest BCUT2D eigenvalue weighted by Crippen LogP contribution is -2.50. The van der Waals surface area contributed by atoms with Crippen molar-refractivity contribution >= 4 is 22.0 Å². The summed E-state index contributed by atoms with van der Waals surface area (Å²) >= 11 is 3.48. The Balaban J connectivity index is 2.26. The number of rotatable bonds is 1. The molecule has 1 amide bonds. The van der Waals surface area contributed by atoms with Crippen molar-refractivity contribution in [3.8, 4) is 0 Å². The van der Waals surface area contributed by atoms with E-state index in [2.05, 4.69) is 34.9 Å². The number of carbonyl (C=O) groups excluding carboxylic acids is 1. The van der Waals surface area contributed by atoms with Crippen molar-refractivity contribution in [1.29, 1.82) is 0 Å². The molecule has 2 heterocycles. The molecule has 1 aromatic heterocycles. The topological polar surface area (TPSA) is 47.4 Å². The first-order valence-electron chi connectivity index (χ1n) is 6.89. The van der Waals surface area contributed by atoms with Crippen molar-refractivity contribution in [2.45, 2.75) is 59.4 Å². The molecule has 0 radical (unpaired) electrons. The van der Waals surface area contributed by atoms with E-state index in [-0.39, 0.29) is 12.1 Å². The molecule has 1 aromatic rings. The fourth-order valence-electron chi connectivity index (χ4n) is 2.35. The fourth-order valence-corrected chi connectivity index (χ4v) is 2.77. The van der Waals surface area contributed by atoms with Gasteiger partial charge in [-0.05, 0) is 42.6 Å². The van der Waals surface area contributed by atoms with Crippen LogP contribution >= 0.6 is 15.9 Å². The lowest BCUT2D eigenvalue weighted by molar-refractivity contribution is -0.00000167. The Kier molecular flexibility index (Phi) is 4.14. The summed E-state index contributed by atoms with van der Waals surface area (Å²) in [6.07, 6.45) is 1.53. The van der Waals surface area contributed by atoms with E-state index in [1.54, 1.807) is 6.20 Å². The molecule has 6 heteroatoms. The first-order chi connectivity index (χ1) is 9.19. The number of hydrogen-bond acceptors (Lipinski definition) is 3. The van der Waals surface area contributed by atoms with Gasteiger partial charge in [-0.15, -0.1) is 0 Å². The van der Waals surface area contributed by atoms with Crippen LogP contribution in [0, 0.1) is 5.92 Å². The molecular formula is C14H22BrN3O2. The van der Waals surface area contributed by atoms with Gasteiger partial charge >= 0.3 is 6.09 Å². The highest BCUT2D eigenvalue weighted by atomic mass is 79.9. The number of amides is 1. The summed E-state index contributed by atoms with van der Waals surface area (Å²) in [4.78, 5) is 14.2. The molecule has 0 saturated carbocycles. The van der Waals surface area contributed by atoms with E-state index in [1.165, 1.54) is 0 Å². The minimum atomic E-state index is -0.479. The van der Waals surface area contributed by atoms with Gasteiger partial charge in [0, 0.05) is 0 Å². The maximum atomic E-state index is 12.4. The quantitative estimate of drug-likeness (QED) is 0.784. The van der Waals surface area contributed by atoms with Gasteiger partial charge in [-0.1, -0.05) is 13.8 Å². The predicted molar refractivity (Wildman–Crippen MR) is 80.3 cm³/mol. The van der Waals surface area contributed by atoms with E-state index in [9.17, 15) is 4.79 Å². The third-order valence-corrected chi connectivity index (χ3v) is 4.04. The van der Waals surface area contributed by atoms with Gasteiger partial charge in [-0.2, -0.15) is 5.10 Å². The molecule has 2 rings (SSSR count). The van der Waals surface area contributed by atoms with Crippen molar-refractivity contribution in [2.24, 2.45) is 5.92 Å². The Hall–Kier alpha value is -1.04. The van der Waals surface area contributed by atoms with Crippen molar-refractivity contribution in [3.05, 3.63) is 16.4 Å². The number of hydrogen-bond donors (Lipinski definition) is 0. The van der Waals surface area contributed by atoms with Crippen LogP contribution in [0.15, 0.2) is 10.7 Å². The monoisotopic (exact) mass is 343 g/mol. The third-order valence-electron chi connectivity index (χ3n) is 3.38. The Morgan fingerprint density at radius 3 is 2.70 bits per heavy atom. The molecular weight excluding hydrogens is 322 g/mol. The highest BCUT2D eigenvalue weighted by Crippen LogP contribution is 2.28. The fraction of sp³-hybridized carbons (Fsp3) is 0.714. The molecule has 0 aromatic carbocycles. The molecule has 1 atom stereocenters. The molecule has 20 heavy (non-hydrogen) atoms. The highest BCUT2D eigenvalue weighted by molar-refractivity contribution is 9.10. The van der Waals surface area contributed by atoms with Gasteiger partial charge in [0.1, 0.15) is 5.60 Å². The molecule has 0 spiro atoms. The van der Waals surface area contributed by atoms with Crippen LogP contribution in [0.25, 0.3) is 0 Å². The van der Waals surface area contributed by atoms with Crippen LogP contribution in [0.5, 0.6) is 0 Å². The van der Waals surface area contributed by atoms with E-state index >= 15 is 0 Å². The lowest BCUT2D eigenvalue weighted by Gasteiger charge is -2.39. The summed E-state index contributed by atoms with van der Waals surface area (Å²) in [5.41, 5.74) is 0.542. The maximum absolute atomic E-state index is 12.4. The number of aromatic nitrogens is 2. The average molecular weight is 344 g/mol. The van der Waals surface area contributed by atoms with Gasteiger partial charge in [0.2, 0.25) is 0 Å². The summed E-state index contributed by atoms with van der Waals surface area (Å²) in [5, 5.41) is 4.35. The Morgan fingerprint density at radius 1 is 1.50 bits per heavy atom. The summed E-state index contributed by atoms with van der Waals surface area (Å²) in [6.45, 7) is 11.1. The molecule has 0 fully saturated rings. The Bertz CT molecular complexity index is 505. The molecule has 112 valence electrons. The van der Waals surface area contributed by atoms with Crippen LogP contribution < -0.4 is 0 Å². The zero-order valence-electron chi connectivity index (χ0n) is 12.7. The highest BCUT2D eigenvalue weighted by Gasteiger charge is 2.35. The molecule has 5 nitrogen and oxygen atoms in total. The Labute approximate surface area is 128 Å². The second-order valence-electron chi connectivity index (χ2n) is 6.54. The number of ether oxygens (including phenoxy) is 1. The van der Waals surface area contributed by atoms with Crippen LogP contribution in [-0.4, -0.2) is 32.4 Å². The average Bonchev–Trinajstić information content (AvgIpc) is 2.67. The first kappa shape index (κ1) is 15.4. The molecule has 0 bridgehead atoms. The number of fused-ring (bicyclic) bond motifs is 1. The standard InChI is InChI=1S/C14H22BrN3O2/c1-9(2)11-8-18-12(10(15)6-16-18)7-17(11)13(19)20-14(3,4)5/h6,9,11H,7-8H2,1-5H3/t11-/m0/s1. The van der Waals surface area contributed by atoms with E-state index in [4.69, 9.17) is 4.74 Å². The minimum absolute atomic E-state index is 0.101.